The summed E-state index contributed by atoms with van der Waals surface area (Å²) in [5.74, 6) is 0.903. The van der Waals surface area contributed by atoms with Crippen molar-refractivity contribution in [3.05, 3.63) is 30.1 Å². The van der Waals surface area contributed by atoms with Gasteiger partial charge in [0.25, 0.3) is 0 Å². The molecule has 0 bridgehead atoms. The first kappa shape index (κ1) is 12.4. The second-order valence-corrected chi connectivity index (χ2v) is 6.88. The summed E-state index contributed by atoms with van der Waals surface area (Å²) in [5, 5.41) is 0. The minimum atomic E-state index is 0.0103. The summed E-state index contributed by atoms with van der Waals surface area (Å²) in [7, 11) is 0. The molecule has 0 fully saturated rings. The number of hydrogen-bond donors (Lipinski definition) is 1. The molecule has 1 heterocycles. The van der Waals surface area contributed by atoms with Crippen LogP contribution in [-0.2, 0) is 5.41 Å². The number of rotatable bonds is 2. The predicted octanol–water partition coefficient (Wildman–Crippen LogP) is 3.57. The molecule has 3 nitrogen and oxygen atoms in total. The van der Waals surface area contributed by atoms with E-state index in [-0.39, 0.29) is 5.41 Å². The van der Waals surface area contributed by atoms with Gasteiger partial charge in [-0.2, -0.15) is 4.37 Å². The molecule has 0 aliphatic rings. The number of nitrogens with two attached hydrogens (primary N) is 1. The average molecular weight is 265 g/mol. The van der Waals surface area contributed by atoms with E-state index in [1.807, 2.05) is 24.3 Å². The van der Waals surface area contributed by atoms with Gasteiger partial charge in [0, 0.05) is 16.0 Å². The van der Waals surface area contributed by atoms with Crippen molar-refractivity contribution in [3.8, 4) is 0 Å². The summed E-state index contributed by atoms with van der Waals surface area (Å²) in [6.07, 6.45) is 0. The Morgan fingerprint density at radius 3 is 2.35 bits per heavy atom. The van der Waals surface area contributed by atoms with Gasteiger partial charge < -0.3 is 5.73 Å². The number of hydrogen-bond acceptors (Lipinski definition) is 5. The van der Waals surface area contributed by atoms with E-state index < -0.39 is 0 Å². The minimum Gasteiger partial charge on any atom is -0.399 e. The Morgan fingerprint density at radius 2 is 1.82 bits per heavy atom. The minimum absolute atomic E-state index is 0.0103. The van der Waals surface area contributed by atoms with Crippen molar-refractivity contribution in [2.75, 3.05) is 5.73 Å². The standard InChI is InChI=1S/C12H15N3S2/c1-12(2,3)10-14-11(17-15-10)16-9-6-4-8(13)5-7-9/h4-7H,13H2,1-3H3. The van der Waals surface area contributed by atoms with Crippen molar-refractivity contribution in [2.24, 2.45) is 0 Å². The molecule has 0 spiro atoms. The number of benzene rings is 1. The Bertz CT molecular complexity index is 497. The van der Waals surface area contributed by atoms with Gasteiger partial charge in [-0.3, -0.25) is 0 Å². The number of nitrogens with zero attached hydrogens (tertiary/aromatic N) is 2. The Morgan fingerprint density at radius 1 is 1.18 bits per heavy atom. The summed E-state index contributed by atoms with van der Waals surface area (Å²) in [5.41, 5.74) is 6.44. The molecule has 2 rings (SSSR count). The van der Waals surface area contributed by atoms with E-state index in [9.17, 15) is 0 Å². The van der Waals surface area contributed by atoms with Gasteiger partial charge in [-0.25, -0.2) is 4.98 Å². The zero-order valence-electron chi connectivity index (χ0n) is 10.1. The third-order valence-corrected chi connectivity index (χ3v) is 3.92. The Kier molecular flexibility index (Phi) is 3.40. The van der Waals surface area contributed by atoms with Crippen LogP contribution in [0.1, 0.15) is 26.6 Å². The highest BCUT2D eigenvalue weighted by Gasteiger charge is 2.19. The van der Waals surface area contributed by atoms with Crippen molar-refractivity contribution in [1.82, 2.24) is 9.36 Å². The fourth-order valence-electron chi connectivity index (χ4n) is 1.19. The molecule has 2 aromatic rings. The summed E-state index contributed by atoms with van der Waals surface area (Å²) in [4.78, 5) is 5.67. The molecule has 0 atom stereocenters. The van der Waals surface area contributed by atoms with Gasteiger partial charge in [0.1, 0.15) is 5.82 Å². The molecule has 0 aliphatic carbocycles. The van der Waals surface area contributed by atoms with Crippen LogP contribution in [0.4, 0.5) is 5.69 Å². The molecule has 1 aromatic heterocycles. The molecule has 2 N–H and O–H groups in total. The summed E-state index contributed by atoms with van der Waals surface area (Å²) < 4.78 is 5.36. The highest BCUT2D eigenvalue weighted by molar-refractivity contribution is 8.01. The van der Waals surface area contributed by atoms with Gasteiger partial charge in [0.05, 0.1) is 0 Å². The van der Waals surface area contributed by atoms with Gasteiger partial charge in [-0.1, -0.05) is 32.5 Å². The number of aromatic nitrogens is 2. The first-order chi connectivity index (χ1) is 7.95. The molecule has 0 unspecified atom stereocenters. The van der Waals surface area contributed by atoms with Crippen LogP contribution in [0.5, 0.6) is 0 Å². The Balaban J connectivity index is 2.14. The molecule has 5 heteroatoms. The number of anilines is 1. The van der Waals surface area contributed by atoms with Gasteiger partial charge >= 0.3 is 0 Å². The molecule has 0 saturated heterocycles. The first-order valence-corrected chi connectivity index (χ1v) is 6.92. The quantitative estimate of drug-likeness (QED) is 0.843. The van der Waals surface area contributed by atoms with E-state index in [1.165, 1.54) is 11.5 Å². The first-order valence-electron chi connectivity index (χ1n) is 5.33. The topological polar surface area (TPSA) is 51.8 Å². The maximum absolute atomic E-state index is 5.65. The molecular formula is C12H15N3S2. The summed E-state index contributed by atoms with van der Waals surface area (Å²) in [6.45, 7) is 6.35. The highest BCUT2D eigenvalue weighted by Crippen LogP contribution is 2.31. The van der Waals surface area contributed by atoms with Crippen LogP contribution in [0.2, 0.25) is 0 Å². The second kappa shape index (κ2) is 4.66. The van der Waals surface area contributed by atoms with Gasteiger partial charge in [-0.15, -0.1) is 0 Å². The molecule has 0 saturated carbocycles. The zero-order chi connectivity index (χ0) is 12.5. The van der Waals surface area contributed by atoms with Crippen LogP contribution in [0.25, 0.3) is 0 Å². The molecule has 0 aliphatic heterocycles. The third-order valence-electron chi connectivity index (χ3n) is 2.16. The van der Waals surface area contributed by atoms with Gasteiger partial charge in [0.2, 0.25) is 0 Å². The predicted molar refractivity (Wildman–Crippen MR) is 73.6 cm³/mol. The fourth-order valence-corrected chi connectivity index (χ4v) is 2.95. The lowest BCUT2D eigenvalue weighted by Crippen LogP contribution is -2.12. The Labute approximate surface area is 110 Å². The molecular weight excluding hydrogens is 250 g/mol. The zero-order valence-corrected chi connectivity index (χ0v) is 11.7. The fraction of sp³-hybridized carbons (Fsp3) is 0.333. The molecule has 17 heavy (non-hydrogen) atoms. The van der Waals surface area contributed by atoms with Crippen molar-refractivity contribution in [2.45, 2.75) is 35.4 Å². The van der Waals surface area contributed by atoms with Crippen LogP contribution < -0.4 is 5.73 Å². The van der Waals surface area contributed by atoms with Crippen LogP contribution in [0, 0.1) is 0 Å². The van der Waals surface area contributed by atoms with Crippen molar-refractivity contribution < 1.29 is 0 Å². The lowest BCUT2D eigenvalue weighted by atomic mass is 9.96. The average Bonchev–Trinajstić information content (AvgIpc) is 2.69. The monoisotopic (exact) mass is 265 g/mol. The van der Waals surface area contributed by atoms with Crippen molar-refractivity contribution >= 4 is 29.0 Å². The Hall–Kier alpha value is -1.07. The lowest BCUT2D eigenvalue weighted by molar-refractivity contribution is 0.551. The summed E-state index contributed by atoms with van der Waals surface area (Å²) >= 11 is 3.07. The van der Waals surface area contributed by atoms with E-state index in [2.05, 4.69) is 30.1 Å². The number of nitrogen functional groups attached to an aromatic ring is 1. The smallest absolute Gasteiger partial charge is 0.174 e. The van der Waals surface area contributed by atoms with E-state index in [1.54, 1.807) is 11.8 Å². The maximum atomic E-state index is 5.65. The molecule has 90 valence electrons. The third kappa shape index (κ3) is 3.20. The van der Waals surface area contributed by atoms with Crippen molar-refractivity contribution in [3.63, 3.8) is 0 Å². The summed E-state index contributed by atoms with van der Waals surface area (Å²) in [6, 6.07) is 7.79. The van der Waals surface area contributed by atoms with Gasteiger partial charge in [-0.05, 0) is 35.8 Å². The van der Waals surface area contributed by atoms with E-state index in [0.29, 0.717) is 0 Å². The van der Waals surface area contributed by atoms with Crippen LogP contribution >= 0.6 is 23.3 Å². The van der Waals surface area contributed by atoms with Crippen LogP contribution in [0.15, 0.2) is 33.5 Å². The van der Waals surface area contributed by atoms with Crippen LogP contribution in [0.3, 0.4) is 0 Å². The SMILES string of the molecule is CC(C)(C)c1nsc(Sc2ccc(N)cc2)n1. The van der Waals surface area contributed by atoms with Crippen molar-refractivity contribution in [1.29, 1.82) is 0 Å². The lowest BCUT2D eigenvalue weighted by Gasteiger charge is -2.12. The molecule has 1 aromatic carbocycles. The second-order valence-electron chi connectivity index (χ2n) is 4.80. The molecule has 0 amide bonds. The normalized spacial score (nSPS) is 11.7. The van der Waals surface area contributed by atoms with E-state index in [4.69, 9.17) is 5.73 Å². The largest absolute Gasteiger partial charge is 0.399 e. The van der Waals surface area contributed by atoms with E-state index in [0.717, 1.165) is 20.7 Å². The van der Waals surface area contributed by atoms with Crippen LogP contribution in [-0.4, -0.2) is 9.36 Å². The molecule has 0 radical (unpaired) electrons. The van der Waals surface area contributed by atoms with Gasteiger partial charge in [0.15, 0.2) is 4.34 Å². The maximum Gasteiger partial charge on any atom is 0.174 e. The highest BCUT2D eigenvalue weighted by atomic mass is 32.2. The van der Waals surface area contributed by atoms with E-state index >= 15 is 0 Å².